The molecule has 0 atom stereocenters. The third-order valence-corrected chi connectivity index (χ3v) is 5.56. The minimum atomic E-state index is -3.45. The molecule has 114 valence electrons. The Hall–Kier alpha value is -1.17. The SMILES string of the molecule is CCCCN(CC)S(=O)(=O)c1ccc2nc(Cl)ccc2c1. The van der Waals surface area contributed by atoms with E-state index in [-0.39, 0.29) is 0 Å². The molecule has 0 unspecified atom stereocenters. The fraction of sp³-hybridized carbons (Fsp3) is 0.400. The molecule has 4 nitrogen and oxygen atoms in total. The summed E-state index contributed by atoms with van der Waals surface area (Å²) in [6.07, 6.45) is 1.82. The van der Waals surface area contributed by atoms with Crippen LogP contribution in [0.25, 0.3) is 10.9 Å². The van der Waals surface area contributed by atoms with Crippen LogP contribution in [0.5, 0.6) is 0 Å². The van der Waals surface area contributed by atoms with Gasteiger partial charge in [-0.3, -0.25) is 0 Å². The molecular formula is C15H19ClN2O2S. The largest absolute Gasteiger partial charge is 0.243 e. The Bertz CT molecular complexity index is 732. The lowest BCUT2D eigenvalue weighted by atomic mass is 10.2. The molecule has 0 radical (unpaired) electrons. The average molecular weight is 327 g/mol. The van der Waals surface area contributed by atoms with Crippen LogP contribution in [0.4, 0.5) is 0 Å². The van der Waals surface area contributed by atoms with E-state index < -0.39 is 10.0 Å². The van der Waals surface area contributed by atoms with Crippen LogP contribution in [-0.4, -0.2) is 30.8 Å². The molecular weight excluding hydrogens is 308 g/mol. The number of fused-ring (bicyclic) bond motifs is 1. The lowest BCUT2D eigenvalue weighted by Gasteiger charge is -2.20. The molecule has 0 fully saturated rings. The molecule has 21 heavy (non-hydrogen) atoms. The van der Waals surface area contributed by atoms with Gasteiger partial charge in [-0.05, 0) is 36.8 Å². The summed E-state index contributed by atoms with van der Waals surface area (Å²) in [6, 6.07) is 8.39. The van der Waals surface area contributed by atoms with Crippen LogP contribution in [0.15, 0.2) is 35.2 Å². The number of rotatable bonds is 6. The van der Waals surface area contributed by atoms with Crippen molar-refractivity contribution in [3.8, 4) is 0 Å². The number of sulfonamides is 1. The minimum absolute atomic E-state index is 0.303. The lowest BCUT2D eigenvalue weighted by Crippen LogP contribution is -2.31. The standard InChI is InChI=1S/C15H19ClN2O2S/c1-3-5-10-18(4-2)21(19,20)13-7-8-14-12(11-13)6-9-15(16)17-14/h6-9,11H,3-5,10H2,1-2H3. The molecule has 6 heteroatoms. The van der Waals surface area contributed by atoms with Gasteiger partial charge in [-0.25, -0.2) is 13.4 Å². The number of aromatic nitrogens is 1. The first-order chi connectivity index (χ1) is 9.98. The van der Waals surface area contributed by atoms with Crippen LogP contribution in [0, 0.1) is 0 Å². The molecule has 0 aliphatic carbocycles. The second-order valence-corrected chi connectivity index (χ2v) is 7.16. The van der Waals surface area contributed by atoms with E-state index in [1.807, 2.05) is 13.8 Å². The fourth-order valence-electron chi connectivity index (χ4n) is 2.17. The van der Waals surface area contributed by atoms with Gasteiger partial charge in [0.25, 0.3) is 0 Å². The van der Waals surface area contributed by atoms with Crippen molar-refractivity contribution in [2.45, 2.75) is 31.6 Å². The predicted molar refractivity (Wildman–Crippen MR) is 86.1 cm³/mol. The maximum Gasteiger partial charge on any atom is 0.243 e. The molecule has 0 amide bonds. The normalized spacial score (nSPS) is 12.2. The molecule has 2 rings (SSSR count). The van der Waals surface area contributed by atoms with Crippen LogP contribution in [0.3, 0.4) is 0 Å². The Morgan fingerprint density at radius 3 is 2.62 bits per heavy atom. The molecule has 1 aromatic carbocycles. The Labute approximate surface area is 130 Å². The number of hydrogen-bond acceptors (Lipinski definition) is 3. The van der Waals surface area contributed by atoms with E-state index in [2.05, 4.69) is 4.98 Å². The van der Waals surface area contributed by atoms with Crippen LogP contribution in [-0.2, 0) is 10.0 Å². The molecule has 0 bridgehead atoms. The van der Waals surface area contributed by atoms with Gasteiger partial charge in [0.05, 0.1) is 10.4 Å². The third-order valence-electron chi connectivity index (χ3n) is 3.38. The summed E-state index contributed by atoms with van der Waals surface area (Å²) in [7, 11) is -3.45. The van der Waals surface area contributed by atoms with Crippen LogP contribution in [0.2, 0.25) is 5.15 Å². The van der Waals surface area contributed by atoms with Gasteiger partial charge in [0.15, 0.2) is 0 Å². The van der Waals surface area contributed by atoms with Gasteiger partial charge in [0, 0.05) is 18.5 Å². The zero-order valence-electron chi connectivity index (χ0n) is 12.2. The van der Waals surface area contributed by atoms with E-state index in [9.17, 15) is 8.42 Å². The van der Waals surface area contributed by atoms with E-state index in [4.69, 9.17) is 11.6 Å². The number of nitrogens with zero attached hydrogens (tertiary/aromatic N) is 2. The van der Waals surface area contributed by atoms with Crippen LogP contribution >= 0.6 is 11.6 Å². The molecule has 0 saturated carbocycles. The summed E-state index contributed by atoms with van der Waals surface area (Å²) in [5, 5.41) is 1.17. The third kappa shape index (κ3) is 3.54. The van der Waals surface area contributed by atoms with E-state index in [1.54, 1.807) is 30.3 Å². The predicted octanol–water partition coefficient (Wildman–Crippen LogP) is 3.70. The summed E-state index contributed by atoms with van der Waals surface area (Å²) in [5.41, 5.74) is 0.693. The first kappa shape index (κ1) is 16.2. The quantitative estimate of drug-likeness (QED) is 0.760. The van der Waals surface area contributed by atoms with Gasteiger partial charge in [-0.1, -0.05) is 31.9 Å². The topological polar surface area (TPSA) is 50.3 Å². The molecule has 1 heterocycles. The summed E-state index contributed by atoms with van der Waals surface area (Å²) < 4.78 is 26.8. The number of hydrogen-bond donors (Lipinski definition) is 0. The smallest absolute Gasteiger partial charge is 0.236 e. The van der Waals surface area contributed by atoms with Gasteiger partial charge in [0.2, 0.25) is 10.0 Å². The second-order valence-electron chi connectivity index (χ2n) is 4.84. The van der Waals surface area contributed by atoms with Gasteiger partial charge >= 0.3 is 0 Å². The summed E-state index contributed by atoms with van der Waals surface area (Å²) in [5.74, 6) is 0. The molecule has 2 aromatic rings. The number of halogens is 1. The van der Waals surface area contributed by atoms with E-state index >= 15 is 0 Å². The first-order valence-corrected chi connectivity index (χ1v) is 8.87. The van der Waals surface area contributed by atoms with Crippen molar-refractivity contribution < 1.29 is 8.42 Å². The van der Waals surface area contributed by atoms with Crippen molar-refractivity contribution in [3.05, 3.63) is 35.5 Å². The summed E-state index contributed by atoms with van der Waals surface area (Å²) >= 11 is 5.84. The van der Waals surface area contributed by atoms with E-state index in [0.717, 1.165) is 18.2 Å². The maximum absolute atomic E-state index is 12.7. The van der Waals surface area contributed by atoms with E-state index in [0.29, 0.717) is 28.7 Å². The number of pyridine rings is 1. The van der Waals surface area contributed by atoms with Gasteiger partial charge < -0.3 is 0 Å². The average Bonchev–Trinajstić information content (AvgIpc) is 2.47. The van der Waals surface area contributed by atoms with Crippen LogP contribution in [0.1, 0.15) is 26.7 Å². The molecule has 0 aliphatic rings. The maximum atomic E-state index is 12.7. The Balaban J connectivity index is 2.41. The number of benzene rings is 1. The van der Waals surface area contributed by atoms with Crippen molar-refractivity contribution in [1.82, 2.24) is 9.29 Å². The van der Waals surface area contributed by atoms with Crippen molar-refractivity contribution in [3.63, 3.8) is 0 Å². The molecule has 0 spiro atoms. The molecule has 0 N–H and O–H groups in total. The van der Waals surface area contributed by atoms with Crippen molar-refractivity contribution >= 4 is 32.5 Å². The summed E-state index contributed by atoms with van der Waals surface area (Å²) in [6.45, 7) is 4.92. The monoisotopic (exact) mass is 326 g/mol. The first-order valence-electron chi connectivity index (χ1n) is 7.05. The highest BCUT2D eigenvalue weighted by atomic mass is 35.5. The van der Waals surface area contributed by atoms with Gasteiger partial charge in [0.1, 0.15) is 5.15 Å². The van der Waals surface area contributed by atoms with Gasteiger partial charge in [-0.15, -0.1) is 0 Å². The summed E-state index contributed by atoms with van der Waals surface area (Å²) in [4.78, 5) is 4.47. The zero-order valence-corrected chi connectivity index (χ0v) is 13.8. The molecule has 1 aromatic heterocycles. The van der Waals surface area contributed by atoms with E-state index in [1.165, 1.54) is 4.31 Å². The number of unbranched alkanes of at least 4 members (excludes halogenated alkanes) is 1. The highest BCUT2D eigenvalue weighted by Gasteiger charge is 2.22. The highest BCUT2D eigenvalue weighted by molar-refractivity contribution is 7.89. The van der Waals surface area contributed by atoms with Crippen molar-refractivity contribution in [2.75, 3.05) is 13.1 Å². The zero-order chi connectivity index (χ0) is 15.5. The lowest BCUT2D eigenvalue weighted by molar-refractivity contribution is 0.419. The second kappa shape index (κ2) is 6.73. The van der Waals surface area contributed by atoms with Crippen LogP contribution < -0.4 is 0 Å². The van der Waals surface area contributed by atoms with Gasteiger partial charge in [-0.2, -0.15) is 4.31 Å². The Morgan fingerprint density at radius 2 is 1.95 bits per heavy atom. The Morgan fingerprint density at radius 1 is 1.19 bits per heavy atom. The fourth-order valence-corrected chi connectivity index (χ4v) is 3.85. The Kier molecular flexibility index (Phi) is 5.19. The minimum Gasteiger partial charge on any atom is -0.236 e. The van der Waals surface area contributed by atoms with Crippen molar-refractivity contribution in [2.24, 2.45) is 0 Å². The molecule has 0 aliphatic heterocycles. The van der Waals surface area contributed by atoms with Crippen molar-refractivity contribution in [1.29, 1.82) is 0 Å². The highest BCUT2D eigenvalue weighted by Crippen LogP contribution is 2.22. The molecule has 0 saturated heterocycles.